The number of hydrogen-bond donors (Lipinski definition) is 2. The zero-order valence-electron chi connectivity index (χ0n) is 11.2. The molecule has 9 heteroatoms. The first-order chi connectivity index (χ1) is 9.29. The molecular formula is C11H19NO7S. The lowest BCUT2D eigenvalue weighted by molar-refractivity contribution is -0.156. The predicted molar refractivity (Wildman–Crippen MR) is 68.7 cm³/mol. The van der Waals surface area contributed by atoms with E-state index in [9.17, 15) is 18.0 Å². The first kappa shape index (κ1) is 16.9. The molecule has 0 aliphatic carbocycles. The lowest BCUT2D eigenvalue weighted by Gasteiger charge is -2.33. The molecule has 2 N–H and O–H groups in total. The number of carboxylic acid groups (broad SMARTS) is 2. The van der Waals surface area contributed by atoms with Crippen molar-refractivity contribution in [2.75, 3.05) is 32.6 Å². The fraction of sp³-hybridized carbons (Fsp3) is 0.818. The van der Waals surface area contributed by atoms with E-state index in [2.05, 4.69) is 0 Å². The molecule has 2 unspecified atom stereocenters. The Labute approximate surface area is 117 Å². The Morgan fingerprint density at radius 2 is 1.85 bits per heavy atom. The van der Waals surface area contributed by atoms with E-state index >= 15 is 0 Å². The lowest BCUT2D eigenvalue weighted by atomic mass is 9.86. The predicted octanol–water partition coefficient (Wildman–Crippen LogP) is -0.540. The van der Waals surface area contributed by atoms with Crippen LogP contribution in [0.25, 0.3) is 0 Å². The minimum absolute atomic E-state index is 0.00973. The molecule has 1 fully saturated rings. The normalized spacial score (nSPS) is 24.4. The van der Waals surface area contributed by atoms with Crippen LogP contribution in [0.3, 0.4) is 0 Å². The maximum atomic E-state index is 12.0. The van der Waals surface area contributed by atoms with Crippen LogP contribution in [0.4, 0.5) is 0 Å². The summed E-state index contributed by atoms with van der Waals surface area (Å²) < 4.78 is 29.9. The summed E-state index contributed by atoms with van der Waals surface area (Å²) in [5, 5.41) is 18.0. The van der Waals surface area contributed by atoms with Crippen molar-refractivity contribution in [3.63, 3.8) is 0 Å². The Morgan fingerprint density at radius 3 is 2.35 bits per heavy atom. The van der Waals surface area contributed by atoms with Gasteiger partial charge in [0.25, 0.3) is 0 Å². The third kappa shape index (κ3) is 4.15. The molecule has 1 aliphatic rings. The van der Waals surface area contributed by atoms with E-state index in [-0.39, 0.29) is 25.3 Å². The summed E-state index contributed by atoms with van der Waals surface area (Å²) in [5.74, 6) is -4.87. The van der Waals surface area contributed by atoms with Crippen LogP contribution >= 0.6 is 0 Å². The molecule has 116 valence electrons. The van der Waals surface area contributed by atoms with Gasteiger partial charge >= 0.3 is 11.9 Å². The zero-order chi connectivity index (χ0) is 15.3. The largest absolute Gasteiger partial charge is 0.481 e. The van der Waals surface area contributed by atoms with Crippen LogP contribution < -0.4 is 0 Å². The first-order valence-corrected chi connectivity index (χ1v) is 7.83. The third-order valence-corrected chi connectivity index (χ3v) is 5.28. The van der Waals surface area contributed by atoms with Gasteiger partial charge in [0.1, 0.15) is 0 Å². The summed E-state index contributed by atoms with van der Waals surface area (Å²) in [4.78, 5) is 22.1. The molecule has 0 aromatic heterocycles. The van der Waals surface area contributed by atoms with Gasteiger partial charge in [0.05, 0.1) is 17.6 Å². The van der Waals surface area contributed by atoms with E-state index in [1.807, 2.05) is 0 Å². The Balaban J connectivity index is 2.75. The molecule has 2 atom stereocenters. The van der Waals surface area contributed by atoms with Gasteiger partial charge in [0.15, 0.2) is 0 Å². The molecule has 1 heterocycles. The molecule has 1 saturated heterocycles. The molecule has 0 saturated carbocycles. The van der Waals surface area contributed by atoms with Crippen LogP contribution in [0, 0.1) is 11.8 Å². The summed E-state index contributed by atoms with van der Waals surface area (Å²) in [6, 6.07) is 0. The molecule has 1 aliphatic heterocycles. The molecule has 20 heavy (non-hydrogen) atoms. The minimum Gasteiger partial charge on any atom is -0.481 e. The van der Waals surface area contributed by atoms with Gasteiger partial charge in [-0.05, 0) is 12.8 Å². The molecule has 0 amide bonds. The number of ether oxygens (including phenoxy) is 1. The average molecular weight is 309 g/mol. The van der Waals surface area contributed by atoms with E-state index in [0.29, 0.717) is 13.0 Å². The minimum atomic E-state index is -3.57. The van der Waals surface area contributed by atoms with E-state index in [1.54, 1.807) is 0 Å². The van der Waals surface area contributed by atoms with Crippen molar-refractivity contribution < 1.29 is 33.0 Å². The zero-order valence-corrected chi connectivity index (χ0v) is 12.0. The van der Waals surface area contributed by atoms with E-state index in [1.165, 1.54) is 7.11 Å². The second-order valence-corrected chi connectivity index (χ2v) is 6.79. The summed E-state index contributed by atoms with van der Waals surface area (Å²) >= 11 is 0. The standard InChI is InChI=1S/C11H19NO7S/c1-19-5-2-6-20(17,18)12-4-3-8(10(13)14)9(7-12)11(15)16/h8-9H,2-7H2,1H3,(H,13,14)(H,15,16). The van der Waals surface area contributed by atoms with Crippen molar-refractivity contribution in [3.05, 3.63) is 0 Å². The number of piperidine rings is 1. The fourth-order valence-corrected chi connectivity index (χ4v) is 3.75. The highest BCUT2D eigenvalue weighted by Gasteiger charge is 2.41. The number of rotatable bonds is 7. The summed E-state index contributed by atoms with van der Waals surface area (Å²) in [6.45, 7) is 0.0465. The van der Waals surface area contributed by atoms with E-state index in [4.69, 9.17) is 14.9 Å². The van der Waals surface area contributed by atoms with E-state index in [0.717, 1.165) is 4.31 Å². The maximum absolute atomic E-state index is 12.0. The molecule has 0 spiro atoms. The van der Waals surface area contributed by atoms with Crippen LogP contribution in [0.1, 0.15) is 12.8 Å². The van der Waals surface area contributed by atoms with Crippen molar-refractivity contribution in [3.8, 4) is 0 Å². The SMILES string of the molecule is COCCCS(=O)(=O)N1CCC(C(=O)O)C(C(=O)O)C1. The second-order valence-electron chi connectivity index (χ2n) is 4.70. The number of methoxy groups -OCH3 is 1. The van der Waals surface area contributed by atoms with Crippen molar-refractivity contribution in [1.82, 2.24) is 4.31 Å². The number of sulfonamides is 1. The Morgan fingerprint density at radius 1 is 1.25 bits per heavy atom. The average Bonchev–Trinajstić information content (AvgIpc) is 2.38. The summed E-state index contributed by atoms with van der Waals surface area (Å²) in [5.41, 5.74) is 0. The Hall–Kier alpha value is -1.19. The van der Waals surface area contributed by atoms with Gasteiger partial charge in [-0.2, -0.15) is 0 Å². The second kappa shape index (κ2) is 7.00. The van der Waals surface area contributed by atoms with E-state index < -0.39 is 33.8 Å². The van der Waals surface area contributed by atoms with Gasteiger partial charge in [-0.15, -0.1) is 0 Å². The van der Waals surface area contributed by atoms with Gasteiger partial charge < -0.3 is 14.9 Å². The van der Waals surface area contributed by atoms with Gasteiger partial charge in [0, 0.05) is 26.8 Å². The highest BCUT2D eigenvalue weighted by atomic mass is 32.2. The molecular weight excluding hydrogens is 290 g/mol. The molecule has 1 rings (SSSR count). The molecule has 0 bridgehead atoms. The molecule has 0 aromatic rings. The number of nitrogens with zero attached hydrogens (tertiary/aromatic N) is 1. The maximum Gasteiger partial charge on any atom is 0.308 e. The highest BCUT2D eigenvalue weighted by molar-refractivity contribution is 7.89. The van der Waals surface area contributed by atoms with Crippen LogP contribution in [-0.4, -0.2) is 67.4 Å². The lowest BCUT2D eigenvalue weighted by Crippen LogP contribution is -2.49. The van der Waals surface area contributed by atoms with Crippen LogP contribution in [0.15, 0.2) is 0 Å². The number of carbonyl (C=O) groups is 2. The quantitative estimate of drug-likeness (QED) is 0.606. The molecule has 0 radical (unpaired) electrons. The monoisotopic (exact) mass is 309 g/mol. The Kier molecular flexibility index (Phi) is 5.90. The van der Waals surface area contributed by atoms with Crippen LogP contribution in [-0.2, 0) is 24.3 Å². The number of aliphatic carboxylic acids is 2. The van der Waals surface area contributed by atoms with Gasteiger partial charge in [0.2, 0.25) is 10.0 Å². The van der Waals surface area contributed by atoms with Gasteiger partial charge in [-0.1, -0.05) is 0 Å². The molecule has 0 aromatic carbocycles. The smallest absolute Gasteiger partial charge is 0.308 e. The van der Waals surface area contributed by atoms with Gasteiger partial charge in [-0.3, -0.25) is 9.59 Å². The highest BCUT2D eigenvalue weighted by Crippen LogP contribution is 2.26. The fourth-order valence-electron chi connectivity index (χ4n) is 2.24. The third-order valence-electron chi connectivity index (χ3n) is 3.35. The van der Waals surface area contributed by atoms with Crippen molar-refractivity contribution in [2.24, 2.45) is 11.8 Å². The number of hydrogen-bond acceptors (Lipinski definition) is 5. The number of carboxylic acids is 2. The van der Waals surface area contributed by atoms with Crippen molar-refractivity contribution >= 4 is 22.0 Å². The first-order valence-electron chi connectivity index (χ1n) is 6.22. The van der Waals surface area contributed by atoms with Gasteiger partial charge in [-0.25, -0.2) is 12.7 Å². The summed E-state index contributed by atoms with van der Waals surface area (Å²) in [7, 11) is -2.11. The van der Waals surface area contributed by atoms with Crippen molar-refractivity contribution in [2.45, 2.75) is 12.8 Å². The Bertz CT molecular complexity index is 461. The summed E-state index contributed by atoms with van der Waals surface area (Å²) in [6.07, 6.45) is 0.325. The van der Waals surface area contributed by atoms with Crippen LogP contribution in [0.5, 0.6) is 0 Å². The molecule has 8 nitrogen and oxygen atoms in total. The van der Waals surface area contributed by atoms with Crippen molar-refractivity contribution in [1.29, 1.82) is 0 Å². The van der Waals surface area contributed by atoms with Crippen LogP contribution in [0.2, 0.25) is 0 Å². The topological polar surface area (TPSA) is 121 Å².